The van der Waals surface area contributed by atoms with Gasteiger partial charge in [-0.25, -0.2) is 13.4 Å². The predicted octanol–water partition coefficient (Wildman–Crippen LogP) is 3.34. The third-order valence-corrected chi connectivity index (χ3v) is 6.51. The molecule has 28 heavy (non-hydrogen) atoms. The maximum absolute atomic E-state index is 13.0. The first-order valence-corrected chi connectivity index (χ1v) is 10.2. The van der Waals surface area contributed by atoms with Crippen LogP contribution in [0.4, 0.5) is 13.2 Å². The molecule has 2 aromatic rings. The number of hydrogen-bond acceptors (Lipinski definition) is 5. The standard InChI is InChI=1S/C18H20F3N3O3S/c1-12-5-6-15(13(2)10-12)28(25,26)24-9-3-4-14(11-24)27-17-22-8-7-16(23-17)18(19,20)21/h5-8,10,14H,3-4,9,11H2,1-2H3. The molecule has 0 radical (unpaired) electrons. The zero-order valence-electron chi connectivity index (χ0n) is 15.4. The van der Waals surface area contributed by atoms with Gasteiger partial charge in [0.15, 0.2) is 5.69 Å². The topological polar surface area (TPSA) is 72.4 Å². The number of benzene rings is 1. The minimum atomic E-state index is -4.61. The predicted molar refractivity (Wildman–Crippen MR) is 95.4 cm³/mol. The van der Waals surface area contributed by atoms with E-state index in [1.54, 1.807) is 25.1 Å². The van der Waals surface area contributed by atoms with E-state index in [0.29, 0.717) is 24.9 Å². The van der Waals surface area contributed by atoms with Crippen molar-refractivity contribution in [1.29, 1.82) is 0 Å². The van der Waals surface area contributed by atoms with E-state index in [0.717, 1.165) is 17.8 Å². The minimum absolute atomic E-state index is 0.0231. The molecule has 0 N–H and O–H groups in total. The molecular weight excluding hydrogens is 395 g/mol. The van der Waals surface area contributed by atoms with Gasteiger partial charge in [0.25, 0.3) is 0 Å². The van der Waals surface area contributed by atoms with Crippen LogP contribution in [0.1, 0.15) is 29.7 Å². The summed E-state index contributed by atoms with van der Waals surface area (Å²) in [5.41, 5.74) is 0.496. The average Bonchev–Trinajstić information content (AvgIpc) is 2.61. The van der Waals surface area contributed by atoms with Crippen LogP contribution < -0.4 is 4.74 Å². The Hall–Kier alpha value is -2.20. The van der Waals surface area contributed by atoms with Crippen molar-refractivity contribution in [2.75, 3.05) is 13.1 Å². The van der Waals surface area contributed by atoms with Crippen molar-refractivity contribution in [2.24, 2.45) is 0 Å². The molecule has 0 saturated carbocycles. The molecule has 1 aliphatic heterocycles. The molecular formula is C18H20F3N3O3S. The van der Waals surface area contributed by atoms with Crippen molar-refractivity contribution in [3.63, 3.8) is 0 Å². The molecule has 1 aromatic heterocycles. The molecule has 0 bridgehead atoms. The highest BCUT2D eigenvalue weighted by molar-refractivity contribution is 7.89. The van der Waals surface area contributed by atoms with Crippen molar-refractivity contribution in [2.45, 2.75) is 43.9 Å². The van der Waals surface area contributed by atoms with Crippen molar-refractivity contribution in [3.8, 4) is 6.01 Å². The number of aryl methyl sites for hydroxylation is 2. The summed E-state index contributed by atoms with van der Waals surface area (Å²) >= 11 is 0. The molecule has 0 aliphatic carbocycles. The van der Waals surface area contributed by atoms with E-state index in [2.05, 4.69) is 9.97 Å². The molecule has 6 nitrogen and oxygen atoms in total. The Kier molecular flexibility index (Phi) is 5.62. The third-order valence-electron chi connectivity index (χ3n) is 4.49. The normalized spacial score (nSPS) is 18.8. The van der Waals surface area contributed by atoms with Crippen LogP contribution in [-0.2, 0) is 16.2 Å². The number of sulfonamides is 1. The first-order valence-electron chi connectivity index (χ1n) is 8.71. The maximum atomic E-state index is 13.0. The van der Waals surface area contributed by atoms with Crippen LogP contribution in [0.2, 0.25) is 0 Å². The molecule has 10 heteroatoms. The lowest BCUT2D eigenvalue weighted by Crippen LogP contribution is -2.44. The van der Waals surface area contributed by atoms with Gasteiger partial charge >= 0.3 is 12.2 Å². The number of piperidine rings is 1. The zero-order chi connectivity index (χ0) is 20.5. The van der Waals surface area contributed by atoms with Gasteiger partial charge in [-0.2, -0.15) is 22.5 Å². The molecule has 0 spiro atoms. The SMILES string of the molecule is Cc1ccc(S(=O)(=O)N2CCCC(Oc3nccc(C(F)(F)F)n3)C2)c(C)c1. The Balaban J connectivity index is 1.77. The summed E-state index contributed by atoms with van der Waals surface area (Å²) in [6.45, 7) is 3.95. The Morgan fingerprint density at radius 3 is 2.64 bits per heavy atom. The summed E-state index contributed by atoms with van der Waals surface area (Å²) in [4.78, 5) is 7.31. The van der Waals surface area contributed by atoms with Gasteiger partial charge in [0.2, 0.25) is 10.0 Å². The van der Waals surface area contributed by atoms with E-state index in [1.165, 1.54) is 4.31 Å². The van der Waals surface area contributed by atoms with Crippen molar-refractivity contribution < 1.29 is 26.3 Å². The number of nitrogens with zero attached hydrogens (tertiary/aromatic N) is 3. The number of ether oxygens (including phenoxy) is 1. The quantitative estimate of drug-likeness (QED) is 0.766. The van der Waals surface area contributed by atoms with Gasteiger partial charge < -0.3 is 4.74 Å². The smallest absolute Gasteiger partial charge is 0.433 e. The number of rotatable bonds is 4. The maximum Gasteiger partial charge on any atom is 0.433 e. The van der Waals surface area contributed by atoms with E-state index < -0.39 is 34.0 Å². The second-order valence-electron chi connectivity index (χ2n) is 6.74. The van der Waals surface area contributed by atoms with Crippen LogP contribution >= 0.6 is 0 Å². The van der Waals surface area contributed by atoms with E-state index >= 15 is 0 Å². The van der Waals surface area contributed by atoms with Crippen molar-refractivity contribution in [3.05, 3.63) is 47.3 Å². The zero-order valence-corrected chi connectivity index (χ0v) is 16.2. The number of hydrogen-bond donors (Lipinski definition) is 0. The highest BCUT2D eigenvalue weighted by Gasteiger charge is 2.35. The van der Waals surface area contributed by atoms with E-state index in [1.807, 2.05) is 6.92 Å². The Bertz CT molecular complexity index is 964. The summed E-state index contributed by atoms with van der Waals surface area (Å²) in [6, 6.07) is 5.44. The molecule has 1 fully saturated rings. The Labute approximate surface area is 161 Å². The van der Waals surface area contributed by atoms with Crippen molar-refractivity contribution in [1.82, 2.24) is 14.3 Å². The molecule has 3 rings (SSSR count). The molecule has 1 saturated heterocycles. The molecule has 1 aromatic carbocycles. The van der Waals surface area contributed by atoms with Crippen LogP contribution in [0.5, 0.6) is 6.01 Å². The van der Waals surface area contributed by atoms with Crippen LogP contribution in [-0.4, -0.2) is 41.9 Å². The highest BCUT2D eigenvalue weighted by Crippen LogP contribution is 2.29. The molecule has 1 atom stereocenters. The largest absolute Gasteiger partial charge is 0.459 e. The first-order chi connectivity index (χ1) is 13.1. The van der Waals surface area contributed by atoms with Gasteiger partial charge in [-0.05, 0) is 44.4 Å². The van der Waals surface area contributed by atoms with Crippen LogP contribution in [0.3, 0.4) is 0 Å². The lowest BCUT2D eigenvalue weighted by atomic mass is 10.1. The van der Waals surface area contributed by atoms with Gasteiger partial charge in [-0.3, -0.25) is 0 Å². The van der Waals surface area contributed by atoms with Crippen LogP contribution in [0.15, 0.2) is 35.4 Å². The monoisotopic (exact) mass is 415 g/mol. The summed E-state index contributed by atoms with van der Waals surface area (Å²) in [6.07, 6.45) is -3.24. The van der Waals surface area contributed by atoms with E-state index in [-0.39, 0.29) is 11.4 Å². The number of halogens is 3. The summed E-state index contributed by atoms with van der Waals surface area (Å²) in [7, 11) is -3.73. The summed E-state index contributed by atoms with van der Waals surface area (Å²) < 4.78 is 71.1. The number of aromatic nitrogens is 2. The van der Waals surface area contributed by atoms with Gasteiger partial charge in [0.1, 0.15) is 6.10 Å². The first kappa shape index (κ1) is 20.5. The second-order valence-corrected chi connectivity index (χ2v) is 8.64. The second kappa shape index (κ2) is 7.67. The van der Waals surface area contributed by atoms with Crippen molar-refractivity contribution >= 4 is 10.0 Å². The lowest BCUT2D eigenvalue weighted by Gasteiger charge is -2.32. The van der Waals surface area contributed by atoms with Gasteiger partial charge in [0.05, 0.1) is 11.4 Å². The average molecular weight is 415 g/mol. The molecule has 1 aliphatic rings. The fraction of sp³-hybridized carbons (Fsp3) is 0.444. The third kappa shape index (κ3) is 4.44. The lowest BCUT2D eigenvalue weighted by molar-refractivity contribution is -0.141. The van der Waals surface area contributed by atoms with Gasteiger partial charge in [-0.1, -0.05) is 17.7 Å². The van der Waals surface area contributed by atoms with E-state index in [9.17, 15) is 21.6 Å². The molecule has 152 valence electrons. The van der Waals surface area contributed by atoms with E-state index in [4.69, 9.17) is 4.74 Å². The molecule has 2 heterocycles. The van der Waals surface area contributed by atoms with Gasteiger partial charge in [-0.15, -0.1) is 0 Å². The van der Waals surface area contributed by atoms with Crippen LogP contribution in [0.25, 0.3) is 0 Å². The van der Waals surface area contributed by atoms with Gasteiger partial charge in [0, 0.05) is 12.7 Å². The summed E-state index contributed by atoms with van der Waals surface area (Å²) in [5.74, 6) is 0. The number of alkyl halides is 3. The summed E-state index contributed by atoms with van der Waals surface area (Å²) in [5, 5.41) is 0. The fourth-order valence-electron chi connectivity index (χ4n) is 3.15. The Morgan fingerprint density at radius 1 is 1.21 bits per heavy atom. The fourth-order valence-corrected chi connectivity index (χ4v) is 4.87. The van der Waals surface area contributed by atoms with Crippen LogP contribution in [0, 0.1) is 13.8 Å². The molecule has 0 amide bonds. The minimum Gasteiger partial charge on any atom is -0.459 e. The highest BCUT2D eigenvalue weighted by atomic mass is 32.2. The Morgan fingerprint density at radius 2 is 1.96 bits per heavy atom. The molecule has 1 unspecified atom stereocenters.